The van der Waals surface area contributed by atoms with Gasteiger partial charge in [-0.2, -0.15) is 13.2 Å². The number of nitrogens with one attached hydrogen (secondary N) is 1. The van der Waals surface area contributed by atoms with E-state index in [1.165, 1.54) is 23.0 Å². The van der Waals surface area contributed by atoms with Crippen LogP contribution in [0.25, 0.3) is 0 Å². The van der Waals surface area contributed by atoms with Crippen molar-refractivity contribution in [3.8, 4) is 0 Å². The third kappa shape index (κ3) is 4.03. The summed E-state index contributed by atoms with van der Waals surface area (Å²) in [5.74, 6) is -0.972. The molecule has 1 aliphatic heterocycles. The zero-order valence-corrected chi connectivity index (χ0v) is 12.7. The molecule has 0 saturated carbocycles. The number of hydrogen-bond acceptors (Lipinski definition) is 2. The molecule has 0 aliphatic carbocycles. The molecule has 0 spiro atoms. The molecule has 7 heteroatoms. The molecular weight excluding hydrogens is 297 g/mol. The van der Waals surface area contributed by atoms with E-state index < -0.39 is 24.0 Å². The SMILES string of the molecule is CC[C@@H]1C[C@H](C(=O)N[C@H](c2ccn(C)c2)C(F)(F)F)CCO1. The average molecular weight is 318 g/mol. The van der Waals surface area contributed by atoms with Gasteiger partial charge in [0.05, 0.1) is 6.10 Å². The number of aromatic nitrogens is 1. The largest absolute Gasteiger partial charge is 0.412 e. The van der Waals surface area contributed by atoms with E-state index in [-0.39, 0.29) is 11.7 Å². The molecule has 2 rings (SSSR count). The van der Waals surface area contributed by atoms with Crippen molar-refractivity contribution in [2.24, 2.45) is 13.0 Å². The molecule has 22 heavy (non-hydrogen) atoms. The van der Waals surface area contributed by atoms with E-state index in [2.05, 4.69) is 5.32 Å². The van der Waals surface area contributed by atoms with Gasteiger partial charge in [-0.1, -0.05) is 6.92 Å². The molecule has 0 aromatic carbocycles. The topological polar surface area (TPSA) is 43.3 Å². The van der Waals surface area contributed by atoms with Crippen LogP contribution in [0.5, 0.6) is 0 Å². The van der Waals surface area contributed by atoms with Crippen molar-refractivity contribution in [3.05, 3.63) is 24.0 Å². The minimum absolute atomic E-state index is 0.0439. The van der Waals surface area contributed by atoms with E-state index in [1.807, 2.05) is 6.92 Å². The van der Waals surface area contributed by atoms with Crippen LogP contribution in [0, 0.1) is 5.92 Å². The molecular formula is C15H21F3N2O2. The second kappa shape index (κ2) is 6.73. The zero-order valence-electron chi connectivity index (χ0n) is 12.7. The van der Waals surface area contributed by atoms with Crippen LogP contribution >= 0.6 is 0 Å². The van der Waals surface area contributed by atoms with Gasteiger partial charge < -0.3 is 14.6 Å². The summed E-state index contributed by atoms with van der Waals surface area (Å²) in [7, 11) is 1.64. The highest BCUT2D eigenvalue weighted by Crippen LogP contribution is 2.33. The number of carbonyl (C=O) groups excluding carboxylic acids is 1. The Balaban J connectivity index is 2.08. The van der Waals surface area contributed by atoms with Gasteiger partial charge in [0.15, 0.2) is 6.04 Å². The Morgan fingerprint density at radius 1 is 1.55 bits per heavy atom. The first-order chi connectivity index (χ1) is 10.3. The molecule has 0 radical (unpaired) electrons. The van der Waals surface area contributed by atoms with E-state index in [9.17, 15) is 18.0 Å². The molecule has 1 aliphatic rings. The minimum atomic E-state index is -4.52. The fourth-order valence-corrected chi connectivity index (χ4v) is 2.71. The Kier molecular flexibility index (Phi) is 5.16. The smallest absolute Gasteiger partial charge is 0.378 e. The number of rotatable bonds is 4. The molecule has 1 aromatic rings. The van der Waals surface area contributed by atoms with Crippen LogP contribution in [0.2, 0.25) is 0 Å². The normalized spacial score (nSPS) is 24.0. The quantitative estimate of drug-likeness (QED) is 0.927. The van der Waals surface area contributed by atoms with Gasteiger partial charge >= 0.3 is 6.18 Å². The molecule has 1 N–H and O–H groups in total. The first kappa shape index (κ1) is 16.9. The van der Waals surface area contributed by atoms with E-state index >= 15 is 0 Å². The molecule has 1 saturated heterocycles. The van der Waals surface area contributed by atoms with E-state index in [0.29, 0.717) is 19.4 Å². The van der Waals surface area contributed by atoms with E-state index in [4.69, 9.17) is 4.74 Å². The molecule has 3 atom stereocenters. The first-order valence-electron chi connectivity index (χ1n) is 7.41. The molecule has 2 heterocycles. The molecule has 124 valence electrons. The van der Waals surface area contributed by atoms with Gasteiger partial charge in [0, 0.05) is 37.5 Å². The van der Waals surface area contributed by atoms with Gasteiger partial charge in [-0.05, 0) is 25.3 Å². The number of aryl methyl sites for hydroxylation is 1. The van der Waals surface area contributed by atoms with Crippen LogP contribution in [0.15, 0.2) is 18.5 Å². The van der Waals surface area contributed by atoms with Gasteiger partial charge in [-0.25, -0.2) is 0 Å². The monoisotopic (exact) mass is 318 g/mol. The molecule has 4 nitrogen and oxygen atoms in total. The summed E-state index contributed by atoms with van der Waals surface area (Å²) in [6.45, 7) is 2.35. The van der Waals surface area contributed by atoms with Gasteiger partial charge in [0.25, 0.3) is 0 Å². The fraction of sp³-hybridized carbons (Fsp3) is 0.667. The number of hydrogen-bond donors (Lipinski definition) is 1. The third-order valence-corrected chi connectivity index (χ3v) is 4.00. The van der Waals surface area contributed by atoms with Crippen molar-refractivity contribution in [2.45, 2.75) is 44.5 Å². The lowest BCUT2D eigenvalue weighted by molar-refractivity contribution is -0.166. The van der Waals surface area contributed by atoms with E-state index in [1.54, 1.807) is 7.05 Å². The Hall–Kier alpha value is -1.50. The number of alkyl halides is 3. The highest BCUT2D eigenvalue weighted by molar-refractivity contribution is 5.79. The Bertz CT molecular complexity index is 513. The predicted molar refractivity (Wildman–Crippen MR) is 75.1 cm³/mol. The Morgan fingerprint density at radius 2 is 2.27 bits per heavy atom. The molecule has 1 aromatic heterocycles. The molecule has 0 bridgehead atoms. The Morgan fingerprint density at radius 3 is 2.82 bits per heavy atom. The maximum Gasteiger partial charge on any atom is 0.412 e. The van der Waals surface area contributed by atoms with Gasteiger partial charge in [0.1, 0.15) is 0 Å². The lowest BCUT2D eigenvalue weighted by Gasteiger charge is -2.30. The number of nitrogens with zero attached hydrogens (tertiary/aromatic N) is 1. The van der Waals surface area contributed by atoms with Crippen LogP contribution in [0.4, 0.5) is 13.2 Å². The summed E-state index contributed by atoms with van der Waals surface area (Å²) in [6.07, 6.45) is 0.0190. The maximum atomic E-state index is 13.2. The summed E-state index contributed by atoms with van der Waals surface area (Å²) < 4.78 is 46.7. The molecule has 1 amide bonds. The first-order valence-corrected chi connectivity index (χ1v) is 7.41. The van der Waals surface area contributed by atoms with Crippen molar-refractivity contribution in [3.63, 3.8) is 0 Å². The minimum Gasteiger partial charge on any atom is -0.378 e. The highest BCUT2D eigenvalue weighted by atomic mass is 19.4. The Labute approximate surface area is 127 Å². The summed E-state index contributed by atoms with van der Waals surface area (Å²) in [6, 6.07) is -0.596. The second-order valence-corrected chi connectivity index (χ2v) is 5.72. The summed E-state index contributed by atoms with van der Waals surface area (Å²) >= 11 is 0. The second-order valence-electron chi connectivity index (χ2n) is 5.72. The fourth-order valence-electron chi connectivity index (χ4n) is 2.71. The molecule has 1 fully saturated rings. The van der Waals surface area contributed by atoms with Crippen molar-refractivity contribution in [1.82, 2.24) is 9.88 Å². The van der Waals surface area contributed by atoms with Crippen LogP contribution in [0.3, 0.4) is 0 Å². The van der Waals surface area contributed by atoms with Gasteiger partial charge in [0.2, 0.25) is 5.91 Å². The van der Waals surface area contributed by atoms with E-state index in [0.717, 1.165) is 6.42 Å². The highest BCUT2D eigenvalue weighted by Gasteiger charge is 2.43. The van der Waals surface area contributed by atoms with Crippen molar-refractivity contribution >= 4 is 5.91 Å². The maximum absolute atomic E-state index is 13.2. The van der Waals surface area contributed by atoms with Crippen LogP contribution < -0.4 is 5.32 Å². The lowest BCUT2D eigenvalue weighted by atomic mass is 9.93. The summed E-state index contributed by atoms with van der Waals surface area (Å²) in [5.41, 5.74) is 0.0439. The predicted octanol–water partition coefficient (Wildman–Crippen LogP) is 2.95. The average Bonchev–Trinajstić information content (AvgIpc) is 2.89. The number of amides is 1. The zero-order chi connectivity index (χ0) is 16.3. The van der Waals surface area contributed by atoms with Crippen molar-refractivity contribution in [1.29, 1.82) is 0 Å². The van der Waals surface area contributed by atoms with Crippen LogP contribution in [0.1, 0.15) is 37.8 Å². The summed E-state index contributed by atoms with van der Waals surface area (Å²) in [5, 5.41) is 2.17. The van der Waals surface area contributed by atoms with Crippen LogP contribution in [-0.2, 0) is 16.6 Å². The van der Waals surface area contributed by atoms with Gasteiger partial charge in [-0.3, -0.25) is 4.79 Å². The number of ether oxygens (including phenoxy) is 1. The number of halogens is 3. The standard InChI is InChI=1S/C15H21F3N2O2/c1-3-12-8-10(5-7-22-12)14(21)19-13(15(16,17)18)11-4-6-20(2)9-11/h4,6,9-10,12-13H,3,5,7-8H2,1-2H3,(H,19,21)/t10-,12-,13-/m1/s1. The summed E-state index contributed by atoms with van der Waals surface area (Å²) in [4.78, 5) is 12.2. The molecule has 0 unspecified atom stereocenters. The van der Waals surface area contributed by atoms with Crippen molar-refractivity contribution < 1.29 is 22.7 Å². The van der Waals surface area contributed by atoms with Crippen molar-refractivity contribution in [2.75, 3.05) is 6.61 Å². The lowest BCUT2D eigenvalue weighted by Crippen LogP contribution is -2.43. The third-order valence-electron chi connectivity index (χ3n) is 4.00. The number of carbonyl (C=O) groups is 1. The van der Waals surface area contributed by atoms with Gasteiger partial charge in [-0.15, -0.1) is 0 Å². The van der Waals surface area contributed by atoms with Crippen LogP contribution in [-0.4, -0.2) is 29.4 Å².